The van der Waals surface area contributed by atoms with Gasteiger partial charge in [0.25, 0.3) is 0 Å². The van der Waals surface area contributed by atoms with E-state index in [1.807, 2.05) is 0 Å². The van der Waals surface area contributed by atoms with E-state index < -0.39 is 5.41 Å². The van der Waals surface area contributed by atoms with Gasteiger partial charge >= 0.3 is 0 Å². The van der Waals surface area contributed by atoms with E-state index in [1.165, 1.54) is 6.42 Å². The molecule has 0 bridgehead atoms. The first-order valence-electron chi connectivity index (χ1n) is 7.81. The van der Waals surface area contributed by atoms with Crippen molar-refractivity contribution in [2.75, 3.05) is 26.7 Å². The molecule has 4 nitrogen and oxygen atoms in total. The molecule has 1 amide bonds. The molecule has 20 heavy (non-hydrogen) atoms. The number of nitrogens with one attached hydrogen (secondary N) is 1. The van der Waals surface area contributed by atoms with Gasteiger partial charge in [-0.3, -0.25) is 4.79 Å². The van der Waals surface area contributed by atoms with Crippen LogP contribution in [0.2, 0.25) is 0 Å². The molecule has 0 radical (unpaired) electrons. The molecule has 0 spiro atoms. The van der Waals surface area contributed by atoms with Gasteiger partial charge in [-0.2, -0.15) is 0 Å². The molecule has 1 saturated heterocycles. The fourth-order valence-electron chi connectivity index (χ4n) is 3.41. The predicted molar refractivity (Wildman–Crippen MR) is 85.5 cm³/mol. The van der Waals surface area contributed by atoms with Crippen LogP contribution in [-0.2, 0) is 4.79 Å². The molecular weight excluding hydrogens is 270 g/mol. The lowest BCUT2D eigenvalue weighted by molar-refractivity contribution is -0.129. The molecular formula is C15H27N3OS. The number of nitrogens with two attached hydrogens (primary N) is 1. The first-order chi connectivity index (χ1) is 9.54. The number of piperidine rings is 1. The lowest BCUT2D eigenvalue weighted by atomic mass is 9.73. The molecule has 2 aliphatic rings. The Kier molecular flexibility index (Phi) is 5.38. The lowest BCUT2D eigenvalue weighted by Gasteiger charge is -2.36. The molecule has 0 aromatic carbocycles. The molecule has 1 saturated carbocycles. The summed E-state index contributed by atoms with van der Waals surface area (Å²) in [6.45, 7) is 3.03. The van der Waals surface area contributed by atoms with Gasteiger partial charge in [0.2, 0.25) is 5.91 Å². The third kappa shape index (κ3) is 3.50. The van der Waals surface area contributed by atoms with E-state index in [4.69, 9.17) is 18.0 Å². The fourth-order valence-corrected chi connectivity index (χ4v) is 3.71. The maximum atomic E-state index is 12.6. The zero-order valence-electron chi connectivity index (χ0n) is 12.5. The second-order valence-electron chi connectivity index (χ2n) is 6.46. The van der Waals surface area contributed by atoms with Gasteiger partial charge in [-0.1, -0.05) is 31.5 Å². The Morgan fingerprint density at radius 3 is 2.45 bits per heavy atom. The Balaban J connectivity index is 1.87. The quantitative estimate of drug-likeness (QED) is 0.775. The highest BCUT2D eigenvalue weighted by Gasteiger charge is 2.42. The van der Waals surface area contributed by atoms with Gasteiger partial charge in [0.15, 0.2) is 0 Å². The van der Waals surface area contributed by atoms with Crippen molar-refractivity contribution in [2.24, 2.45) is 17.1 Å². The zero-order valence-corrected chi connectivity index (χ0v) is 13.3. The fraction of sp³-hybridized carbons (Fsp3) is 0.867. The van der Waals surface area contributed by atoms with Crippen molar-refractivity contribution in [1.29, 1.82) is 0 Å². The van der Waals surface area contributed by atoms with Crippen molar-refractivity contribution in [1.82, 2.24) is 10.2 Å². The third-order valence-electron chi connectivity index (χ3n) is 5.00. The maximum Gasteiger partial charge on any atom is 0.233 e. The molecule has 2 rings (SSSR count). The molecule has 1 heterocycles. The monoisotopic (exact) mass is 297 g/mol. The first kappa shape index (κ1) is 15.7. The van der Waals surface area contributed by atoms with Gasteiger partial charge in [-0.05, 0) is 51.7 Å². The highest BCUT2D eigenvalue weighted by atomic mass is 32.1. The van der Waals surface area contributed by atoms with Gasteiger partial charge in [0.1, 0.15) is 0 Å². The molecule has 0 aromatic rings. The van der Waals surface area contributed by atoms with E-state index in [1.54, 1.807) is 0 Å². The van der Waals surface area contributed by atoms with E-state index >= 15 is 0 Å². The number of hydrogen-bond acceptors (Lipinski definition) is 3. The molecule has 5 heteroatoms. The second-order valence-corrected chi connectivity index (χ2v) is 6.90. The minimum absolute atomic E-state index is 0.0728. The van der Waals surface area contributed by atoms with Crippen molar-refractivity contribution in [3.05, 3.63) is 0 Å². The summed E-state index contributed by atoms with van der Waals surface area (Å²) in [5.74, 6) is 0.672. The first-order valence-corrected chi connectivity index (χ1v) is 8.22. The smallest absolute Gasteiger partial charge is 0.233 e. The SMILES string of the molecule is CN1CCC(CNC(=O)C2(C(N)=S)CCCCC2)CC1. The molecule has 0 unspecified atom stereocenters. The maximum absolute atomic E-state index is 12.6. The van der Waals surface area contributed by atoms with Crippen LogP contribution in [0.15, 0.2) is 0 Å². The normalized spacial score (nSPS) is 24.2. The molecule has 3 N–H and O–H groups in total. The Hall–Kier alpha value is -0.680. The standard InChI is InChI=1S/C15H27N3OS/c1-18-9-5-12(6-10-18)11-17-14(19)15(13(16)20)7-3-2-4-8-15/h12H,2-11H2,1H3,(H2,16,20)(H,17,19). The number of likely N-dealkylation sites (tertiary alicyclic amines) is 1. The van der Waals surface area contributed by atoms with E-state index in [2.05, 4.69) is 17.3 Å². The summed E-state index contributed by atoms with van der Waals surface area (Å²) in [6, 6.07) is 0. The summed E-state index contributed by atoms with van der Waals surface area (Å²) in [6.07, 6.45) is 7.27. The van der Waals surface area contributed by atoms with Crippen LogP contribution in [0.4, 0.5) is 0 Å². The summed E-state index contributed by atoms with van der Waals surface area (Å²) >= 11 is 5.20. The third-order valence-corrected chi connectivity index (χ3v) is 5.39. The summed E-state index contributed by atoms with van der Waals surface area (Å²) in [7, 11) is 2.15. The Labute approximate surface area is 127 Å². The number of carbonyl (C=O) groups is 1. The van der Waals surface area contributed by atoms with Gasteiger partial charge in [0.05, 0.1) is 10.4 Å². The molecule has 0 aromatic heterocycles. The van der Waals surface area contributed by atoms with Crippen LogP contribution in [-0.4, -0.2) is 42.5 Å². The van der Waals surface area contributed by atoms with E-state index in [0.29, 0.717) is 10.9 Å². The van der Waals surface area contributed by atoms with Crippen LogP contribution in [0.3, 0.4) is 0 Å². The van der Waals surface area contributed by atoms with Crippen molar-refractivity contribution < 1.29 is 4.79 Å². The van der Waals surface area contributed by atoms with Crippen molar-refractivity contribution in [2.45, 2.75) is 44.9 Å². The van der Waals surface area contributed by atoms with Crippen LogP contribution in [0.5, 0.6) is 0 Å². The molecule has 1 aliphatic heterocycles. The van der Waals surface area contributed by atoms with Crippen molar-refractivity contribution in [3.63, 3.8) is 0 Å². The van der Waals surface area contributed by atoms with Crippen LogP contribution >= 0.6 is 12.2 Å². The number of nitrogens with zero attached hydrogens (tertiary/aromatic N) is 1. The predicted octanol–water partition coefficient (Wildman–Crippen LogP) is 1.68. The number of amides is 1. The van der Waals surface area contributed by atoms with E-state index in [-0.39, 0.29) is 5.91 Å². The number of thiocarbonyl (C=S) groups is 1. The Bertz CT molecular complexity index is 358. The van der Waals surface area contributed by atoms with E-state index in [0.717, 1.165) is 58.2 Å². The van der Waals surface area contributed by atoms with E-state index in [9.17, 15) is 4.79 Å². The Morgan fingerprint density at radius 2 is 1.90 bits per heavy atom. The molecule has 1 aliphatic carbocycles. The topological polar surface area (TPSA) is 58.4 Å². The van der Waals surface area contributed by atoms with Gasteiger partial charge < -0.3 is 16.0 Å². The number of hydrogen-bond donors (Lipinski definition) is 2. The largest absolute Gasteiger partial charge is 0.392 e. The van der Waals surface area contributed by atoms with Crippen LogP contribution in [0.1, 0.15) is 44.9 Å². The van der Waals surface area contributed by atoms with Crippen LogP contribution in [0, 0.1) is 11.3 Å². The van der Waals surface area contributed by atoms with Crippen molar-refractivity contribution >= 4 is 23.1 Å². The highest BCUT2D eigenvalue weighted by molar-refractivity contribution is 7.80. The minimum atomic E-state index is -0.570. The molecule has 114 valence electrons. The van der Waals surface area contributed by atoms with Crippen LogP contribution < -0.4 is 11.1 Å². The van der Waals surface area contributed by atoms with Gasteiger partial charge in [0, 0.05) is 6.54 Å². The second kappa shape index (κ2) is 6.85. The highest BCUT2D eigenvalue weighted by Crippen LogP contribution is 2.37. The minimum Gasteiger partial charge on any atom is -0.392 e. The Morgan fingerprint density at radius 1 is 1.30 bits per heavy atom. The number of rotatable bonds is 4. The zero-order chi connectivity index (χ0) is 14.6. The molecule has 0 atom stereocenters. The van der Waals surface area contributed by atoms with Crippen LogP contribution in [0.25, 0.3) is 0 Å². The van der Waals surface area contributed by atoms with Crippen molar-refractivity contribution in [3.8, 4) is 0 Å². The average molecular weight is 297 g/mol. The number of carbonyl (C=O) groups excluding carboxylic acids is 1. The summed E-state index contributed by atoms with van der Waals surface area (Å²) < 4.78 is 0. The van der Waals surface area contributed by atoms with Gasteiger partial charge in [-0.15, -0.1) is 0 Å². The summed E-state index contributed by atoms with van der Waals surface area (Å²) in [5.41, 5.74) is 5.32. The summed E-state index contributed by atoms with van der Waals surface area (Å²) in [5, 5.41) is 3.13. The van der Waals surface area contributed by atoms with Gasteiger partial charge in [-0.25, -0.2) is 0 Å². The lowest BCUT2D eigenvalue weighted by Crippen LogP contribution is -2.51. The molecule has 2 fully saturated rings. The summed E-state index contributed by atoms with van der Waals surface area (Å²) in [4.78, 5) is 15.3. The average Bonchev–Trinajstić information content (AvgIpc) is 2.47.